The highest BCUT2D eigenvalue weighted by molar-refractivity contribution is 5.77. The first-order valence-electron chi connectivity index (χ1n) is 7.20. The second-order valence-corrected chi connectivity index (χ2v) is 5.20. The van der Waals surface area contributed by atoms with E-state index in [-0.39, 0.29) is 18.8 Å². The lowest BCUT2D eigenvalue weighted by atomic mass is 10.1. The number of carboxylic acids is 1. The van der Waals surface area contributed by atoms with Crippen LogP contribution in [0.3, 0.4) is 0 Å². The molecule has 0 aromatic carbocycles. The van der Waals surface area contributed by atoms with Gasteiger partial charge >= 0.3 is 5.97 Å². The molecule has 0 aromatic rings. The zero-order valence-corrected chi connectivity index (χ0v) is 12.8. The lowest BCUT2D eigenvalue weighted by Crippen LogP contribution is -2.35. The summed E-state index contributed by atoms with van der Waals surface area (Å²) in [4.78, 5) is 34.9. The topological polar surface area (TPSA) is 98.2 Å². The van der Waals surface area contributed by atoms with Gasteiger partial charge in [-0.25, -0.2) is 0 Å². The number of carbonyl (C=O) groups excluding carboxylic acids is 1. The van der Waals surface area contributed by atoms with Crippen LogP contribution in [0, 0.1) is 5.92 Å². The van der Waals surface area contributed by atoms with Crippen LogP contribution in [0.1, 0.15) is 32.6 Å². The van der Waals surface area contributed by atoms with Crippen LogP contribution < -0.4 is 0 Å². The van der Waals surface area contributed by atoms with E-state index >= 15 is 0 Å². The average Bonchev–Trinajstić information content (AvgIpc) is 2.82. The minimum atomic E-state index is -0.830. The van der Waals surface area contributed by atoms with E-state index < -0.39 is 5.97 Å². The molecule has 1 aliphatic rings. The fourth-order valence-electron chi connectivity index (χ4n) is 2.44. The van der Waals surface area contributed by atoms with Gasteiger partial charge in [-0.3, -0.25) is 14.4 Å². The molecule has 7 heteroatoms. The number of rotatable bonds is 7. The van der Waals surface area contributed by atoms with Crippen LogP contribution in [-0.2, 0) is 14.4 Å². The molecule has 0 spiro atoms. The van der Waals surface area contributed by atoms with Gasteiger partial charge in [0.25, 0.3) is 6.47 Å². The Labute approximate surface area is 125 Å². The van der Waals surface area contributed by atoms with Gasteiger partial charge in [0.2, 0.25) is 5.91 Å². The number of likely N-dealkylation sites (tertiary alicyclic amines) is 1. The van der Waals surface area contributed by atoms with Gasteiger partial charge in [-0.1, -0.05) is 0 Å². The SMILES string of the molecule is CCN(CC1CCN(C)C1)C(=O)CCCC(=O)O.O=CO. The van der Waals surface area contributed by atoms with Crippen LogP contribution in [0.25, 0.3) is 0 Å². The fourth-order valence-corrected chi connectivity index (χ4v) is 2.44. The van der Waals surface area contributed by atoms with Gasteiger partial charge in [-0.2, -0.15) is 0 Å². The largest absolute Gasteiger partial charge is 0.483 e. The lowest BCUT2D eigenvalue weighted by Gasteiger charge is -2.24. The molecule has 1 atom stereocenters. The second-order valence-electron chi connectivity index (χ2n) is 5.20. The molecule has 122 valence electrons. The van der Waals surface area contributed by atoms with Crippen LogP contribution in [-0.4, -0.2) is 71.6 Å². The van der Waals surface area contributed by atoms with Gasteiger partial charge in [0.05, 0.1) is 0 Å². The molecule has 1 unspecified atom stereocenters. The first kappa shape index (κ1) is 19.4. The van der Waals surface area contributed by atoms with Gasteiger partial charge in [-0.05, 0) is 39.3 Å². The summed E-state index contributed by atoms with van der Waals surface area (Å²) in [5.41, 5.74) is 0. The highest BCUT2D eigenvalue weighted by Crippen LogP contribution is 2.16. The molecule has 0 bridgehead atoms. The maximum absolute atomic E-state index is 11.9. The summed E-state index contributed by atoms with van der Waals surface area (Å²) in [6.45, 7) is 5.42. The average molecular weight is 302 g/mol. The number of nitrogens with zero attached hydrogens (tertiary/aromatic N) is 2. The summed E-state index contributed by atoms with van der Waals surface area (Å²) in [5.74, 6) is -0.171. The molecule has 21 heavy (non-hydrogen) atoms. The Balaban J connectivity index is 0.00000122. The molecule has 1 fully saturated rings. The minimum Gasteiger partial charge on any atom is -0.483 e. The maximum Gasteiger partial charge on any atom is 0.303 e. The molecule has 1 rings (SSSR count). The van der Waals surface area contributed by atoms with Crippen molar-refractivity contribution in [2.45, 2.75) is 32.6 Å². The summed E-state index contributed by atoms with van der Waals surface area (Å²) in [6, 6.07) is 0. The van der Waals surface area contributed by atoms with Gasteiger partial charge in [0.15, 0.2) is 0 Å². The number of hydrogen-bond acceptors (Lipinski definition) is 4. The van der Waals surface area contributed by atoms with Crippen molar-refractivity contribution in [2.75, 3.05) is 33.2 Å². The normalized spacial score (nSPS) is 17.7. The Hall–Kier alpha value is -1.63. The van der Waals surface area contributed by atoms with Gasteiger partial charge < -0.3 is 20.0 Å². The lowest BCUT2D eigenvalue weighted by molar-refractivity contribution is -0.137. The Morgan fingerprint density at radius 1 is 1.38 bits per heavy atom. The highest BCUT2D eigenvalue weighted by Gasteiger charge is 2.23. The van der Waals surface area contributed by atoms with E-state index in [4.69, 9.17) is 15.0 Å². The number of amides is 1. The van der Waals surface area contributed by atoms with Crippen LogP contribution >= 0.6 is 0 Å². The van der Waals surface area contributed by atoms with Gasteiger partial charge in [-0.15, -0.1) is 0 Å². The molecule has 0 aromatic heterocycles. The van der Waals surface area contributed by atoms with E-state index in [9.17, 15) is 9.59 Å². The zero-order valence-electron chi connectivity index (χ0n) is 12.8. The molecule has 2 N–H and O–H groups in total. The van der Waals surface area contributed by atoms with E-state index in [0.717, 1.165) is 26.1 Å². The van der Waals surface area contributed by atoms with Crippen molar-refractivity contribution >= 4 is 18.3 Å². The second kappa shape index (κ2) is 11.1. The Morgan fingerprint density at radius 3 is 2.43 bits per heavy atom. The molecule has 0 saturated carbocycles. The number of carboxylic acid groups (broad SMARTS) is 2. The smallest absolute Gasteiger partial charge is 0.303 e. The van der Waals surface area contributed by atoms with Crippen LogP contribution in [0.15, 0.2) is 0 Å². The third-order valence-electron chi connectivity index (χ3n) is 3.48. The van der Waals surface area contributed by atoms with Crippen LogP contribution in [0.5, 0.6) is 0 Å². The number of hydrogen-bond donors (Lipinski definition) is 2. The monoisotopic (exact) mass is 302 g/mol. The summed E-state index contributed by atoms with van der Waals surface area (Å²) in [5, 5.41) is 15.4. The van der Waals surface area contributed by atoms with Crippen molar-refractivity contribution in [1.82, 2.24) is 9.80 Å². The van der Waals surface area contributed by atoms with E-state index in [1.54, 1.807) is 0 Å². The van der Waals surface area contributed by atoms with Crippen LogP contribution in [0.4, 0.5) is 0 Å². The van der Waals surface area contributed by atoms with E-state index in [0.29, 0.717) is 25.3 Å². The summed E-state index contributed by atoms with van der Waals surface area (Å²) < 4.78 is 0. The Kier molecular flexibility index (Phi) is 10.2. The van der Waals surface area contributed by atoms with Crippen LogP contribution in [0.2, 0.25) is 0 Å². The standard InChI is InChI=1S/C13H24N2O3.CH2O2/c1-3-15(10-11-7-8-14(2)9-11)12(16)5-4-6-13(17)18;2-1-3/h11H,3-10H2,1-2H3,(H,17,18);1H,(H,2,3). The molecule has 0 radical (unpaired) electrons. The molecule has 0 aliphatic carbocycles. The first-order valence-corrected chi connectivity index (χ1v) is 7.20. The minimum absolute atomic E-state index is 0.0788. The first-order chi connectivity index (χ1) is 9.94. The molecule has 1 amide bonds. The van der Waals surface area contributed by atoms with Crippen molar-refractivity contribution in [3.8, 4) is 0 Å². The van der Waals surface area contributed by atoms with Crippen molar-refractivity contribution in [1.29, 1.82) is 0 Å². The van der Waals surface area contributed by atoms with Crippen molar-refractivity contribution in [3.63, 3.8) is 0 Å². The zero-order chi connectivity index (χ0) is 16.3. The van der Waals surface area contributed by atoms with Crippen molar-refractivity contribution < 1.29 is 24.6 Å². The van der Waals surface area contributed by atoms with Gasteiger partial charge in [0.1, 0.15) is 0 Å². The Morgan fingerprint density at radius 2 is 2.00 bits per heavy atom. The number of carbonyl (C=O) groups is 3. The highest BCUT2D eigenvalue weighted by atomic mass is 16.4. The van der Waals surface area contributed by atoms with Gasteiger partial charge in [0, 0.05) is 32.5 Å². The van der Waals surface area contributed by atoms with Crippen molar-refractivity contribution in [2.24, 2.45) is 5.92 Å². The third-order valence-corrected chi connectivity index (χ3v) is 3.48. The molecular weight excluding hydrogens is 276 g/mol. The number of aliphatic carboxylic acids is 1. The predicted octanol–water partition coefficient (Wildman–Crippen LogP) is 0.742. The predicted molar refractivity (Wildman–Crippen MR) is 78.0 cm³/mol. The Bertz CT molecular complexity index is 335. The molecular formula is C14H26N2O5. The van der Waals surface area contributed by atoms with Crippen molar-refractivity contribution in [3.05, 3.63) is 0 Å². The molecule has 1 saturated heterocycles. The third kappa shape index (κ3) is 9.01. The van der Waals surface area contributed by atoms with E-state index in [2.05, 4.69) is 11.9 Å². The summed E-state index contributed by atoms with van der Waals surface area (Å²) in [6.07, 6.45) is 2.02. The quantitative estimate of drug-likeness (QED) is 0.673. The van der Waals surface area contributed by atoms with E-state index in [1.807, 2.05) is 11.8 Å². The maximum atomic E-state index is 11.9. The fraction of sp³-hybridized carbons (Fsp3) is 0.786. The molecule has 7 nitrogen and oxygen atoms in total. The molecule has 1 aliphatic heterocycles. The summed E-state index contributed by atoms with van der Waals surface area (Å²) in [7, 11) is 2.10. The van der Waals surface area contributed by atoms with E-state index in [1.165, 1.54) is 0 Å². The molecule has 1 heterocycles. The summed E-state index contributed by atoms with van der Waals surface area (Å²) >= 11 is 0.